The number of rotatable bonds is 13. The van der Waals surface area contributed by atoms with Crippen LogP contribution in [0.3, 0.4) is 0 Å². The molecule has 0 aliphatic heterocycles. The first kappa shape index (κ1) is 24.8. The largest absolute Gasteiger partial charge is 1.00 e. The second-order valence-electron chi connectivity index (χ2n) is 5.69. The quantitative estimate of drug-likeness (QED) is 0.301. The number of hydrogen-bond acceptors (Lipinski definition) is 4. The SMILES string of the molecule is CCCCCCC(CCCC(O)CCCC)S(=O)(=O)[O-].[K+]. The van der Waals surface area contributed by atoms with E-state index in [4.69, 9.17) is 0 Å². The average Bonchev–Trinajstić information content (AvgIpc) is 2.37. The maximum atomic E-state index is 11.2. The van der Waals surface area contributed by atoms with E-state index in [0.717, 1.165) is 44.9 Å². The minimum absolute atomic E-state index is 0. The first-order valence-electron chi connectivity index (χ1n) is 8.04. The van der Waals surface area contributed by atoms with Gasteiger partial charge in [-0.05, 0) is 32.1 Å². The van der Waals surface area contributed by atoms with Gasteiger partial charge < -0.3 is 9.66 Å². The van der Waals surface area contributed by atoms with Crippen LogP contribution < -0.4 is 51.4 Å². The van der Waals surface area contributed by atoms with Crippen LogP contribution in [0.1, 0.15) is 84.5 Å². The molecule has 0 aliphatic rings. The van der Waals surface area contributed by atoms with E-state index >= 15 is 0 Å². The molecule has 0 aromatic rings. The fourth-order valence-electron chi connectivity index (χ4n) is 2.40. The van der Waals surface area contributed by atoms with Gasteiger partial charge in [-0.15, -0.1) is 0 Å². The first-order valence-corrected chi connectivity index (χ1v) is 9.51. The Balaban J connectivity index is 0. The predicted octanol–water partition coefficient (Wildman–Crippen LogP) is 0.596. The summed E-state index contributed by atoms with van der Waals surface area (Å²) in [5.74, 6) is 0. The van der Waals surface area contributed by atoms with Crippen molar-refractivity contribution in [3.63, 3.8) is 0 Å². The van der Waals surface area contributed by atoms with E-state index in [1.54, 1.807) is 0 Å². The fraction of sp³-hybridized carbons (Fsp3) is 1.00. The fourth-order valence-corrected chi connectivity index (χ4v) is 3.31. The van der Waals surface area contributed by atoms with Crippen molar-refractivity contribution in [2.75, 3.05) is 0 Å². The normalized spacial score (nSPS) is 14.5. The maximum absolute atomic E-state index is 11.2. The van der Waals surface area contributed by atoms with Crippen LogP contribution in [0.25, 0.3) is 0 Å². The number of aliphatic hydroxyl groups is 1. The van der Waals surface area contributed by atoms with E-state index in [1.165, 1.54) is 0 Å². The van der Waals surface area contributed by atoms with Crippen molar-refractivity contribution < 1.29 is 69.5 Å². The molecule has 2 unspecified atom stereocenters. The Morgan fingerprint density at radius 3 is 1.90 bits per heavy atom. The molecule has 0 fully saturated rings. The number of unbranched alkanes of at least 4 members (excludes halogenated alkanes) is 4. The van der Waals surface area contributed by atoms with E-state index in [1.807, 2.05) is 0 Å². The van der Waals surface area contributed by atoms with Crippen LogP contribution >= 0.6 is 0 Å². The van der Waals surface area contributed by atoms with Crippen LogP contribution in [0.15, 0.2) is 0 Å². The minimum atomic E-state index is -4.20. The zero-order valence-electron chi connectivity index (χ0n) is 14.0. The van der Waals surface area contributed by atoms with Crippen LogP contribution in [0, 0.1) is 0 Å². The predicted molar refractivity (Wildman–Crippen MR) is 81.6 cm³/mol. The summed E-state index contributed by atoms with van der Waals surface area (Å²) < 4.78 is 33.7. The van der Waals surface area contributed by atoms with Crippen molar-refractivity contribution in [1.29, 1.82) is 0 Å². The van der Waals surface area contributed by atoms with Crippen molar-refractivity contribution in [2.45, 2.75) is 95.8 Å². The molecule has 6 heteroatoms. The molecule has 0 spiro atoms. The molecule has 21 heavy (non-hydrogen) atoms. The number of aliphatic hydroxyl groups excluding tert-OH is 1. The summed E-state index contributed by atoms with van der Waals surface area (Å²) in [4.78, 5) is 0. The molecule has 0 radical (unpaired) electrons. The average molecular weight is 347 g/mol. The third-order valence-corrected chi connectivity index (χ3v) is 5.03. The van der Waals surface area contributed by atoms with Gasteiger partial charge in [0.2, 0.25) is 0 Å². The van der Waals surface area contributed by atoms with Crippen molar-refractivity contribution in [2.24, 2.45) is 0 Å². The van der Waals surface area contributed by atoms with E-state index in [9.17, 15) is 18.1 Å². The number of hydrogen-bond donors (Lipinski definition) is 1. The van der Waals surface area contributed by atoms with Crippen molar-refractivity contribution in [3.05, 3.63) is 0 Å². The van der Waals surface area contributed by atoms with Gasteiger partial charge in [-0.1, -0.05) is 52.4 Å². The van der Waals surface area contributed by atoms with Crippen molar-refractivity contribution in [3.8, 4) is 0 Å². The van der Waals surface area contributed by atoms with Gasteiger partial charge in [0.05, 0.1) is 16.2 Å². The maximum Gasteiger partial charge on any atom is 1.00 e. The molecule has 0 saturated carbocycles. The summed E-state index contributed by atoms with van der Waals surface area (Å²) in [6, 6.07) is 0. The zero-order valence-corrected chi connectivity index (χ0v) is 18.0. The van der Waals surface area contributed by atoms with E-state index in [2.05, 4.69) is 13.8 Å². The van der Waals surface area contributed by atoms with Crippen LogP contribution in [-0.4, -0.2) is 29.4 Å². The Morgan fingerprint density at radius 1 is 0.857 bits per heavy atom. The molecule has 0 aliphatic carbocycles. The van der Waals surface area contributed by atoms with Crippen LogP contribution in [-0.2, 0) is 10.1 Å². The summed E-state index contributed by atoms with van der Waals surface area (Å²) >= 11 is 0. The van der Waals surface area contributed by atoms with E-state index in [-0.39, 0.29) is 57.5 Å². The zero-order chi connectivity index (χ0) is 15.4. The van der Waals surface area contributed by atoms with Gasteiger partial charge >= 0.3 is 51.4 Å². The molecule has 0 bridgehead atoms. The second-order valence-corrected chi connectivity index (χ2v) is 7.34. The van der Waals surface area contributed by atoms with Gasteiger partial charge in [0.15, 0.2) is 0 Å². The van der Waals surface area contributed by atoms with Crippen molar-refractivity contribution in [1.82, 2.24) is 0 Å². The second kappa shape index (κ2) is 15.1. The molecular weight excluding hydrogens is 315 g/mol. The summed E-state index contributed by atoms with van der Waals surface area (Å²) in [5.41, 5.74) is 0. The molecule has 0 rings (SSSR count). The van der Waals surface area contributed by atoms with Crippen LogP contribution in [0.5, 0.6) is 0 Å². The van der Waals surface area contributed by atoms with Crippen LogP contribution in [0.2, 0.25) is 0 Å². The minimum Gasteiger partial charge on any atom is -0.748 e. The Hall–Kier alpha value is 1.51. The summed E-state index contributed by atoms with van der Waals surface area (Å²) in [6.07, 6.45) is 8.49. The molecule has 0 aromatic carbocycles. The Morgan fingerprint density at radius 2 is 1.38 bits per heavy atom. The summed E-state index contributed by atoms with van der Waals surface area (Å²) in [6.45, 7) is 4.17. The summed E-state index contributed by atoms with van der Waals surface area (Å²) in [5, 5.41) is 8.95. The molecular formula is C15H31KO4S. The smallest absolute Gasteiger partial charge is 0.748 e. The van der Waals surface area contributed by atoms with E-state index < -0.39 is 15.4 Å². The van der Waals surface area contributed by atoms with Crippen LogP contribution in [0.4, 0.5) is 0 Å². The van der Waals surface area contributed by atoms with Gasteiger partial charge in [-0.3, -0.25) is 0 Å². The molecule has 0 heterocycles. The third kappa shape index (κ3) is 14.8. The van der Waals surface area contributed by atoms with Gasteiger partial charge in [-0.2, -0.15) is 0 Å². The van der Waals surface area contributed by atoms with Crippen molar-refractivity contribution >= 4 is 10.1 Å². The first-order chi connectivity index (χ1) is 9.41. The molecule has 0 aromatic heterocycles. The topological polar surface area (TPSA) is 77.4 Å². The standard InChI is InChI=1S/C15H32O4S.K/c1-3-5-7-8-12-15(20(17,18)19)13-9-11-14(16)10-6-4-2;/h14-16H,3-13H2,1-2H3,(H,17,18,19);/q;+1/p-1. The molecule has 4 nitrogen and oxygen atoms in total. The van der Waals surface area contributed by atoms with Gasteiger partial charge in [0.25, 0.3) is 0 Å². The molecule has 122 valence electrons. The van der Waals surface area contributed by atoms with Gasteiger partial charge in [0.1, 0.15) is 0 Å². The Kier molecular flexibility index (Phi) is 17.8. The monoisotopic (exact) mass is 346 g/mol. The molecule has 0 saturated heterocycles. The molecule has 2 atom stereocenters. The Labute approximate surface area is 173 Å². The third-order valence-electron chi connectivity index (χ3n) is 3.74. The van der Waals surface area contributed by atoms with Gasteiger partial charge in [0, 0.05) is 5.25 Å². The molecule has 0 amide bonds. The van der Waals surface area contributed by atoms with Gasteiger partial charge in [-0.25, -0.2) is 8.42 Å². The Bertz CT molecular complexity index is 320. The van der Waals surface area contributed by atoms with E-state index in [0.29, 0.717) is 25.7 Å². The summed E-state index contributed by atoms with van der Waals surface area (Å²) in [7, 11) is -4.20. The molecule has 1 N–H and O–H groups in total.